The van der Waals surface area contributed by atoms with Gasteiger partial charge in [0.25, 0.3) is 0 Å². The van der Waals surface area contributed by atoms with Crippen LogP contribution in [0.25, 0.3) is 0 Å². The predicted molar refractivity (Wildman–Crippen MR) is 50.7 cm³/mol. The van der Waals surface area contributed by atoms with Crippen LogP contribution in [-0.2, 0) is 4.74 Å². The summed E-state index contributed by atoms with van der Waals surface area (Å²) in [5, 5.41) is 0. The molecule has 0 fully saturated rings. The Morgan fingerprint density at radius 2 is 2.23 bits per heavy atom. The summed E-state index contributed by atoms with van der Waals surface area (Å²) in [5.41, 5.74) is 5.31. The maximum atomic E-state index is 12.7. The molecule has 0 atom stereocenters. The fraction of sp³-hybridized carbons (Fsp3) is 0.400. The average molecular weight is 183 g/mol. The first-order valence-corrected chi connectivity index (χ1v) is 4.39. The van der Waals surface area contributed by atoms with E-state index in [2.05, 4.69) is 0 Å². The Bertz CT molecular complexity index is 243. The molecule has 0 aliphatic heterocycles. The summed E-state index contributed by atoms with van der Waals surface area (Å²) in [6, 6.07) is 0. The molecule has 1 aliphatic carbocycles. The van der Waals surface area contributed by atoms with Crippen molar-refractivity contribution < 1.29 is 9.13 Å². The van der Waals surface area contributed by atoms with E-state index in [0.29, 0.717) is 19.6 Å². The third-order valence-electron chi connectivity index (χ3n) is 1.66. The summed E-state index contributed by atoms with van der Waals surface area (Å²) in [5.74, 6) is 0.506. The lowest BCUT2D eigenvalue weighted by Gasteiger charge is -2.04. The van der Waals surface area contributed by atoms with Crippen LogP contribution in [0.5, 0.6) is 0 Å². The normalized spacial score (nSPS) is 16.2. The van der Waals surface area contributed by atoms with Crippen LogP contribution >= 0.6 is 0 Å². The molecule has 2 N–H and O–H groups in total. The minimum absolute atomic E-state index is 0.214. The van der Waals surface area contributed by atoms with Crippen LogP contribution < -0.4 is 5.73 Å². The van der Waals surface area contributed by atoms with E-state index < -0.39 is 0 Å². The molecule has 0 radical (unpaired) electrons. The zero-order chi connectivity index (χ0) is 9.52. The van der Waals surface area contributed by atoms with Gasteiger partial charge in [-0.25, -0.2) is 4.39 Å². The minimum atomic E-state index is -0.214. The Labute approximate surface area is 77.6 Å². The van der Waals surface area contributed by atoms with Crippen molar-refractivity contribution in [2.75, 3.05) is 13.2 Å². The summed E-state index contributed by atoms with van der Waals surface area (Å²) < 4.78 is 18.0. The molecule has 1 aliphatic rings. The van der Waals surface area contributed by atoms with Gasteiger partial charge < -0.3 is 10.5 Å². The second kappa shape index (κ2) is 5.54. The average Bonchev–Trinajstić information content (AvgIpc) is 2.32. The smallest absolute Gasteiger partial charge is 0.119 e. The zero-order valence-corrected chi connectivity index (χ0v) is 7.50. The quantitative estimate of drug-likeness (QED) is 0.677. The minimum Gasteiger partial charge on any atom is -0.494 e. The van der Waals surface area contributed by atoms with Crippen LogP contribution in [0.2, 0.25) is 0 Å². The highest BCUT2D eigenvalue weighted by Gasteiger charge is 1.97. The van der Waals surface area contributed by atoms with Gasteiger partial charge in [-0.3, -0.25) is 0 Å². The lowest BCUT2D eigenvalue weighted by Crippen LogP contribution is -2.03. The van der Waals surface area contributed by atoms with Crippen molar-refractivity contribution in [3.05, 3.63) is 35.9 Å². The topological polar surface area (TPSA) is 35.2 Å². The highest BCUT2D eigenvalue weighted by molar-refractivity contribution is 5.25. The molecule has 0 bridgehead atoms. The highest BCUT2D eigenvalue weighted by Crippen LogP contribution is 2.12. The molecule has 13 heavy (non-hydrogen) atoms. The number of hydrogen-bond acceptors (Lipinski definition) is 2. The number of hydrogen-bond donors (Lipinski definition) is 1. The second-order valence-electron chi connectivity index (χ2n) is 2.76. The van der Waals surface area contributed by atoms with E-state index in [-0.39, 0.29) is 5.83 Å². The molecule has 0 aromatic heterocycles. The molecule has 0 aromatic rings. The maximum Gasteiger partial charge on any atom is 0.119 e. The Kier molecular flexibility index (Phi) is 4.26. The number of allylic oxidation sites excluding steroid dienone is 5. The van der Waals surface area contributed by atoms with Crippen LogP contribution in [-0.4, -0.2) is 13.2 Å². The third-order valence-corrected chi connectivity index (χ3v) is 1.66. The van der Waals surface area contributed by atoms with Crippen LogP contribution in [0.15, 0.2) is 35.9 Å². The molecule has 0 saturated carbocycles. The second-order valence-corrected chi connectivity index (χ2v) is 2.76. The highest BCUT2D eigenvalue weighted by atomic mass is 19.1. The Hall–Kier alpha value is -1.09. The Morgan fingerprint density at radius 1 is 1.38 bits per heavy atom. The summed E-state index contributed by atoms with van der Waals surface area (Å²) in [6.45, 7) is 1.21. The van der Waals surface area contributed by atoms with Crippen molar-refractivity contribution in [1.82, 2.24) is 0 Å². The van der Waals surface area contributed by atoms with Crippen molar-refractivity contribution in [3.63, 3.8) is 0 Å². The monoisotopic (exact) mass is 183 g/mol. The van der Waals surface area contributed by atoms with Gasteiger partial charge in [0.15, 0.2) is 0 Å². The molecule has 2 nitrogen and oxygen atoms in total. The zero-order valence-electron chi connectivity index (χ0n) is 7.50. The molecule has 0 amide bonds. The van der Waals surface area contributed by atoms with E-state index in [1.165, 1.54) is 12.2 Å². The number of halogens is 1. The maximum absolute atomic E-state index is 12.7. The largest absolute Gasteiger partial charge is 0.494 e. The van der Waals surface area contributed by atoms with E-state index >= 15 is 0 Å². The molecular weight excluding hydrogens is 169 g/mol. The van der Waals surface area contributed by atoms with Gasteiger partial charge >= 0.3 is 0 Å². The Morgan fingerprint density at radius 3 is 3.00 bits per heavy atom. The number of rotatable bonds is 4. The fourth-order valence-electron chi connectivity index (χ4n) is 0.966. The molecular formula is C10H14FNO. The van der Waals surface area contributed by atoms with Crippen molar-refractivity contribution >= 4 is 0 Å². The fourth-order valence-corrected chi connectivity index (χ4v) is 0.966. The lowest BCUT2D eigenvalue weighted by atomic mass is 10.3. The van der Waals surface area contributed by atoms with Crippen LogP contribution in [0, 0.1) is 0 Å². The van der Waals surface area contributed by atoms with E-state index in [1.54, 1.807) is 6.08 Å². The Balaban J connectivity index is 2.35. The molecule has 0 saturated heterocycles. The summed E-state index contributed by atoms with van der Waals surface area (Å²) in [6.07, 6.45) is 7.80. The molecule has 0 unspecified atom stereocenters. The first kappa shape index (κ1) is 9.99. The van der Waals surface area contributed by atoms with E-state index in [4.69, 9.17) is 10.5 Å². The summed E-state index contributed by atoms with van der Waals surface area (Å²) in [7, 11) is 0. The van der Waals surface area contributed by atoms with E-state index in [0.717, 1.165) is 12.2 Å². The van der Waals surface area contributed by atoms with Gasteiger partial charge in [0.2, 0.25) is 0 Å². The predicted octanol–water partition coefficient (Wildman–Crippen LogP) is 2.05. The SMILES string of the molecule is NCCCOC1=CCC=C(F)C=C1. The first-order chi connectivity index (χ1) is 6.33. The number of ether oxygens (including phenoxy) is 1. The molecule has 72 valence electrons. The van der Waals surface area contributed by atoms with Gasteiger partial charge in [0.1, 0.15) is 11.6 Å². The molecule has 3 heteroatoms. The third kappa shape index (κ3) is 3.90. The van der Waals surface area contributed by atoms with Crippen LogP contribution in [0.1, 0.15) is 12.8 Å². The van der Waals surface area contributed by atoms with Crippen molar-refractivity contribution in [2.45, 2.75) is 12.8 Å². The van der Waals surface area contributed by atoms with Crippen molar-refractivity contribution in [3.8, 4) is 0 Å². The van der Waals surface area contributed by atoms with Gasteiger partial charge in [0, 0.05) is 0 Å². The molecule has 0 aromatic carbocycles. The molecule has 0 spiro atoms. The van der Waals surface area contributed by atoms with Crippen molar-refractivity contribution in [1.29, 1.82) is 0 Å². The van der Waals surface area contributed by atoms with E-state index in [1.807, 2.05) is 6.08 Å². The van der Waals surface area contributed by atoms with Gasteiger partial charge in [-0.15, -0.1) is 0 Å². The van der Waals surface area contributed by atoms with Gasteiger partial charge in [-0.1, -0.05) is 0 Å². The first-order valence-electron chi connectivity index (χ1n) is 4.39. The van der Waals surface area contributed by atoms with Crippen molar-refractivity contribution in [2.24, 2.45) is 5.73 Å². The van der Waals surface area contributed by atoms with Crippen LogP contribution in [0.3, 0.4) is 0 Å². The standard InChI is InChI=1S/C10H14FNO/c11-9-3-1-4-10(6-5-9)13-8-2-7-12/h3-6H,1-2,7-8,12H2. The molecule has 1 rings (SSSR count). The van der Waals surface area contributed by atoms with Gasteiger partial charge in [-0.05, 0) is 43.7 Å². The summed E-state index contributed by atoms with van der Waals surface area (Å²) >= 11 is 0. The van der Waals surface area contributed by atoms with Crippen LogP contribution in [0.4, 0.5) is 4.39 Å². The lowest BCUT2D eigenvalue weighted by molar-refractivity contribution is 0.221. The van der Waals surface area contributed by atoms with Gasteiger partial charge in [-0.2, -0.15) is 0 Å². The van der Waals surface area contributed by atoms with E-state index in [9.17, 15) is 4.39 Å². The summed E-state index contributed by atoms with van der Waals surface area (Å²) in [4.78, 5) is 0. The number of nitrogens with two attached hydrogens (primary N) is 1. The molecule has 0 heterocycles. The van der Waals surface area contributed by atoms with Gasteiger partial charge in [0.05, 0.1) is 6.61 Å².